The van der Waals surface area contributed by atoms with Crippen molar-refractivity contribution >= 4 is 23.3 Å². The van der Waals surface area contributed by atoms with E-state index in [0.717, 1.165) is 22.7 Å². The summed E-state index contributed by atoms with van der Waals surface area (Å²) < 4.78 is 30.3. The number of hydrogen-bond donors (Lipinski definition) is 2. The molecule has 0 radical (unpaired) electrons. The zero-order valence-corrected chi connectivity index (χ0v) is 23.6. The predicted octanol–water partition coefficient (Wildman–Crippen LogP) is 5.66. The molecule has 41 heavy (non-hydrogen) atoms. The van der Waals surface area contributed by atoms with Gasteiger partial charge in [0.15, 0.2) is 18.3 Å². The molecule has 7 nitrogen and oxygen atoms in total. The number of aliphatic carboxylic acids is 2. The molecule has 1 aliphatic carbocycles. The molecule has 2 unspecified atom stereocenters. The van der Waals surface area contributed by atoms with Gasteiger partial charge in [-0.05, 0) is 74.1 Å². The largest absolute Gasteiger partial charge is 0.481 e. The summed E-state index contributed by atoms with van der Waals surface area (Å²) in [4.78, 5) is 24.6. The van der Waals surface area contributed by atoms with Gasteiger partial charge in [0.2, 0.25) is 0 Å². The molecule has 0 amide bonds. The van der Waals surface area contributed by atoms with Crippen LogP contribution < -0.4 is 4.90 Å². The summed E-state index contributed by atoms with van der Waals surface area (Å²) in [5.41, 5.74) is 2.10. The number of hydrogen-bond acceptors (Lipinski definition) is 4. The lowest BCUT2D eigenvalue weighted by molar-refractivity contribution is -0.549. The number of carboxylic acid groups (broad SMARTS) is 2. The first-order valence-electron chi connectivity index (χ1n) is 13.5. The molecule has 2 atom stereocenters. The van der Waals surface area contributed by atoms with Gasteiger partial charge in [-0.25, -0.2) is 13.4 Å². The van der Waals surface area contributed by atoms with Gasteiger partial charge in [-0.1, -0.05) is 13.8 Å². The Hall–Kier alpha value is -4.32. The molecule has 0 bridgehead atoms. The highest BCUT2D eigenvalue weighted by Gasteiger charge is 2.53. The molecule has 214 valence electrons. The minimum Gasteiger partial charge on any atom is -0.481 e. The predicted molar refractivity (Wildman–Crippen MR) is 152 cm³/mol. The van der Waals surface area contributed by atoms with Crippen LogP contribution in [0, 0.1) is 28.5 Å². The van der Waals surface area contributed by atoms with Crippen molar-refractivity contribution in [1.29, 1.82) is 5.26 Å². The molecule has 4 rings (SSSR count). The quantitative estimate of drug-likeness (QED) is 0.229. The lowest BCUT2D eigenvalue weighted by atomic mass is 9.73. The fraction of sp³-hybridized carbons (Fsp3) is 0.375. The molecule has 2 aliphatic heterocycles. The maximum absolute atomic E-state index is 14.2. The topological polar surface area (TPSA) is 105 Å². The van der Waals surface area contributed by atoms with Gasteiger partial charge in [0.25, 0.3) is 0 Å². The Bertz CT molecular complexity index is 1500. The number of halogens is 2. The second-order valence-electron chi connectivity index (χ2n) is 11.6. The van der Waals surface area contributed by atoms with Gasteiger partial charge in [-0.15, -0.1) is 0 Å². The molecule has 0 fully saturated rings. The van der Waals surface area contributed by atoms with Crippen molar-refractivity contribution in [3.63, 3.8) is 0 Å². The third-order valence-electron chi connectivity index (χ3n) is 8.26. The summed E-state index contributed by atoms with van der Waals surface area (Å²) in [6, 6.07) is 6.41. The van der Waals surface area contributed by atoms with Gasteiger partial charge in [-0.2, -0.15) is 5.26 Å². The van der Waals surface area contributed by atoms with Gasteiger partial charge >= 0.3 is 11.9 Å². The van der Waals surface area contributed by atoms with Crippen LogP contribution in [0.5, 0.6) is 0 Å². The second kappa shape index (κ2) is 11.3. The van der Waals surface area contributed by atoms with Crippen LogP contribution in [0.15, 0.2) is 77.8 Å². The first-order chi connectivity index (χ1) is 19.3. The van der Waals surface area contributed by atoms with Gasteiger partial charge in [0.05, 0.1) is 29.4 Å². The Kier molecular flexibility index (Phi) is 8.16. The number of benzene rings is 1. The second-order valence-corrected chi connectivity index (χ2v) is 11.6. The molecule has 0 saturated carbocycles. The van der Waals surface area contributed by atoms with Crippen molar-refractivity contribution in [3.05, 3.63) is 89.2 Å². The molecular formula is C32H34F2N3O4+. The van der Waals surface area contributed by atoms with Gasteiger partial charge in [-0.3, -0.25) is 9.59 Å². The van der Waals surface area contributed by atoms with Gasteiger partial charge < -0.3 is 15.1 Å². The summed E-state index contributed by atoms with van der Waals surface area (Å²) in [5, 5.41) is 28.6. The summed E-state index contributed by atoms with van der Waals surface area (Å²) in [5.74, 6) is -2.82. The smallest absolute Gasteiger partial charge is 0.309 e. The zero-order valence-electron chi connectivity index (χ0n) is 23.6. The third kappa shape index (κ3) is 5.78. The highest BCUT2D eigenvalue weighted by molar-refractivity contribution is 5.97. The maximum atomic E-state index is 14.2. The van der Waals surface area contributed by atoms with Crippen LogP contribution >= 0.6 is 0 Å². The molecule has 3 aliphatic rings. The molecule has 9 heteroatoms. The summed E-state index contributed by atoms with van der Waals surface area (Å²) >= 11 is 0. The monoisotopic (exact) mass is 562 g/mol. The van der Waals surface area contributed by atoms with E-state index >= 15 is 0 Å². The highest BCUT2D eigenvalue weighted by atomic mass is 19.1. The average Bonchev–Trinajstić information content (AvgIpc) is 3.24. The first-order valence-corrected chi connectivity index (χ1v) is 13.5. The standard InChI is InChI=1S/C32H33F2N3O4/c1-31(2)23-17-21(33)7-9-25(23)36(15-13-29(38)39)27(31)11-5-20(19-35)6-12-28-32(3,4)24-18-22(34)8-10-26(24)37(28)16-14-30(40)41/h5-12,17-18,23,25H,13-16H2,1-4H3,(H-,38,39,40,41)/p+1. The maximum Gasteiger partial charge on any atom is 0.309 e. The number of allylic oxidation sites excluding steroid dienone is 8. The van der Waals surface area contributed by atoms with E-state index in [1.807, 2.05) is 37.2 Å². The van der Waals surface area contributed by atoms with Crippen molar-refractivity contribution in [3.8, 4) is 6.07 Å². The lowest BCUT2D eigenvalue weighted by Gasteiger charge is -2.26. The van der Waals surface area contributed by atoms with Crippen LogP contribution in [-0.4, -0.2) is 51.6 Å². The Morgan fingerprint density at radius 2 is 1.85 bits per heavy atom. The normalized spacial score (nSPS) is 23.5. The molecule has 0 spiro atoms. The minimum absolute atomic E-state index is 0.0911. The Morgan fingerprint density at radius 1 is 1.15 bits per heavy atom. The van der Waals surface area contributed by atoms with Crippen molar-refractivity contribution in [1.82, 2.24) is 0 Å². The van der Waals surface area contributed by atoms with E-state index in [1.54, 1.807) is 42.5 Å². The summed E-state index contributed by atoms with van der Waals surface area (Å²) in [6.45, 7) is 8.21. The average molecular weight is 563 g/mol. The Balaban J connectivity index is 1.73. The van der Waals surface area contributed by atoms with E-state index in [4.69, 9.17) is 0 Å². The van der Waals surface area contributed by atoms with Crippen LogP contribution in [0.3, 0.4) is 0 Å². The summed E-state index contributed by atoms with van der Waals surface area (Å²) in [7, 11) is 0. The number of nitrogens with zero attached hydrogens (tertiary/aromatic N) is 3. The van der Waals surface area contributed by atoms with Gasteiger partial charge in [0, 0.05) is 29.4 Å². The van der Waals surface area contributed by atoms with E-state index in [0.29, 0.717) is 5.57 Å². The van der Waals surface area contributed by atoms with E-state index < -0.39 is 22.8 Å². The van der Waals surface area contributed by atoms with Crippen molar-refractivity contribution < 1.29 is 33.2 Å². The van der Waals surface area contributed by atoms with Crippen LogP contribution in [-0.2, 0) is 15.0 Å². The Morgan fingerprint density at radius 3 is 2.51 bits per heavy atom. The van der Waals surface area contributed by atoms with Crippen molar-refractivity contribution in [2.75, 3.05) is 18.0 Å². The number of anilines is 1. The highest BCUT2D eigenvalue weighted by Crippen LogP contribution is 2.48. The lowest BCUT2D eigenvalue weighted by Crippen LogP contribution is -2.31. The minimum atomic E-state index is -0.956. The number of carboxylic acids is 2. The number of fused-ring (bicyclic) bond motifs is 2. The molecule has 1 aromatic carbocycles. The van der Waals surface area contributed by atoms with Crippen LogP contribution in [0.4, 0.5) is 14.5 Å². The molecule has 0 aromatic heterocycles. The van der Waals surface area contributed by atoms with Crippen molar-refractivity contribution in [2.45, 2.75) is 52.0 Å². The van der Waals surface area contributed by atoms with Crippen LogP contribution in [0.2, 0.25) is 0 Å². The zero-order chi connectivity index (χ0) is 30.1. The van der Waals surface area contributed by atoms with E-state index in [9.17, 15) is 33.8 Å². The molecule has 1 aromatic rings. The fourth-order valence-corrected chi connectivity index (χ4v) is 6.13. The number of nitriles is 1. The van der Waals surface area contributed by atoms with E-state index in [1.165, 1.54) is 18.2 Å². The molecule has 2 N–H and O–H groups in total. The van der Waals surface area contributed by atoms with E-state index in [2.05, 4.69) is 6.07 Å². The third-order valence-corrected chi connectivity index (χ3v) is 8.26. The van der Waals surface area contributed by atoms with Gasteiger partial charge in [0.1, 0.15) is 18.1 Å². The van der Waals surface area contributed by atoms with Crippen molar-refractivity contribution in [2.24, 2.45) is 11.3 Å². The van der Waals surface area contributed by atoms with Crippen LogP contribution in [0.1, 0.15) is 46.1 Å². The fourth-order valence-electron chi connectivity index (χ4n) is 6.13. The molecular weight excluding hydrogens is 528 g/mol. The number of carbonyl (C=O) groups is 2. The first kappa shape index (κ1) is 29.7. The number of rotatable bonds is 9. The van der Waals surface area contributed by atoms with E-state index in [-0.39, 0.29) is 49.5 Å². The Labute approximate surface area is 238 Å². The van der Waals surface area contributed by atoms with Crippen LogP contribution in [0.25, 0.3) is 0 Å². The molecule has 2 heterocycles. The molecule has 0 saturated heterocycles. The SMILES string of the molecule is CC1(C)\C(=C/C=C(C#N)/C=C/C2=[N+](CCC(=O)O)C3C=CC(F)=CC3C2(C)C)N(CCC(=O)O)c2ccc(F)cc21. The summed E-state index contributed by atoms with van der Waals surface area (Å²) in [6.07, 6.45) is 11.3.